The van der Waals surface area contributed by atoms with E-state index in [-0.39, 0.29) is 35.5 Å². The lowest BCUT2D eigenvalue weighted by molar-refractivity contribution is -0.384. The van der Waals surface area contributed by atoms with Crippen molar-refractivity contribution in [3.63, 3.8) is 0 Å². The summed E-state index contributed by atoms with van der Waals surface area (Å²) in [4.78, 5) is 29.9. The summed E-state index contributed by atoms with van der Waals surface area (Å²) in [5.74, 6) is -0.258. The highest BCUT2D eigenvalue weighted by Crippen LogP contribution is 2.43. The minimum absolute atomic E-state index is 0.00513. The first-order chi connectivity index (χ1) is 19.2. The van der Waals surface area contributed by atoms with Crippen LogP contribution in [0, 0.1) is 21.4 Å². The summed E-state index contributed by atoms with van der Waals surface area (Å²) < 4.78 is 12.4. The topological polar surface area (TPSA) is 94.8 Å². The van der Waals surface area contributed by atoms with Gasteiger partial charge in [0.1, 0.15) is 12.8 Å². The molecule has 1 aliphatic heterocycles. The molecule has 0 N–H and O–H groups in total. The molecule has 4 aromatic rings. The summed E-state index contributed by atoms with van der Waals surface area (Å²) >= 11 is 1.39. The van der Waals surface area contributed by atoms with Crippen molar-refractivity contribution >= 4 is 47.5 Å². The predicted molar refractivity (Wildman–Crippen MR) is 157 cm³/mol. The lowest BCUT2D eigenvalue weighted by Gasteiger charge is -2.53. The van der Waals surface area contributed by atoms with Crippen molar-refractivity contribution in [2.75, 3.05) is 11.4 Å². The van der Waals surface area contributed by atoms with E-state index in [0.29, 0.717) is 5.56 Å². The van der Waals surface area contributed by atoms with Gasteiger partial charge in [0, 0.05) is 30.0 Å². The molecule has 1 fully saturated rings. The van der Waals surface area contributed by atoms with Crippen LogP contribution in [-0.2, 0) is 15.8 Å². The summed E-state index contributed by atoms with van der Waals surface area (Å²) in [5, 5.41) is 15.6. The highest BCUT2D eigenvalue weighted by atomic mass is 32.1. The second-order valence-electron chi connectivity index (χ2n) is 10.7. The van der Waals surface area contributed by atoms with Gasteiger partial charge in [-0.15, -0.1) is 11.3 Å². The number of nitro benzene ring substituents is 1. The van der Waals surface area contributed by atoms with Crippen molar-refractivity contribution < 1.29 is 18.9 Å². The van der Waals surface area contributed by atoms with Crippen LogP contribution in [-0.4, -0.2) is 37.7 Å². The SMILES string of the molecule is CC(C)(C)C1CN(c2nc(C(=O)OCc3ccc([N+](=O)[O-])cc3)cs2)C1O[Si](c1ccccc1)c1ccccc1. The van der Waals surface area contributed by atoms with E-state index in [9.17, 15) is 14.9 Å². The van der Waals surface area contributed by atoms with E-state index in [1.165, 1.54) is 33.8 Å². The van der Waals surface area contributed by atoms with Gasteiger partial charge in [0.05, 0.1) is 4.92 Å². The Bertz CT molecular complexity index is 1420. The van der Waals surface area contributed by atoms with Crippen LogP contribution < -0.4 is 15.3 Å². The Morgan fingerprint density at radius 2 is 1.62 bits per heavy atom. The second kappa shape index (κ2) is 11.7. The maximum absolute atomic E-state index is 12.8. The zero-order valence-corrected chi connectivity index (χ0v) is 24.3. The van der Waals surface area contributed by atoms with Gasteiger partial charge in [-0.25, -0.2) is 9.78 Å². The van der Waals surface area contributed by atoms with E-state index >= 15 is 0 Å². The highest BCUT2D eigenvalue weighted by Gasteiger charge is 2.48. The largest absolute Gasteiger partial charge is 0.456 e. The Kier molecular flexibility index (Phi) is 8.11. The van der Waals surface area contributed by atoms with Gasteiger partial charge in [0.2, 0.25) is 0 Å². The molecule has 0 saturated carbocycles. The van der Waals surface area contributed by atoms with Gasteiger partial charge < -0.3 is 14.1 Å². The number of anilines is 1. The minimum atomic E-state index is -1.55. The van der Waals surface area contributed by atoms with Crippen molar-refractivity contribution in [1.29, 1.82) is 0 Å². The van der Waals surface area contributed by atoms with Crippen LogP contribution >= 0.6 is 11.3 Å². The molecule has 1 aliphatic rings. The molecular formula is C30H30N3O5SSi. The molecule has 0 spiro atoms. The van der Waals surface area contributed by atoms with E-state index in [1.54, 1.807) is 17.5 Å². The molecule has 0 amide bonds. The van der Waals surface area contributed by atoms with Gasteiger partial charge in [0.15, 0.2) is 10.8 Å². The fraction of sp³-hybridized carbons (Fsp3) is 0.267. The smallest absolute Gasteiger partial charge is 0.358 e. The molecule has 205 valence electrons. The zero-order chi connectivity index (χ0) is 28.3. The lowest BCUT2D eigenvalue weighted by Crippen LogP contribution is -2.65. The van der Waals surface area contributed by atoms with Crippen LogP contribution in [0.5, 0.6) is 0 Å². The van der Waals surface area contributed by atoms with Gasteiger partial charge in [-0.2, -0.15) is 0 Å². The molecule has 1 saturated heterocycles. The van der Waals surface area contributed by atoms with Crippen molar-refractivity contribution in [1.82, 2.24) is 4.98 Å². The minimum Gasteiger partial charge on any atom is -0.456 e. The van der Waals surface area contributed by atoms with Crippen LogP contribution in [0.15, 0.2) is 90.3 Å². The average molecular weight is 573 g/mol. The van der Waals surface area contributed by atoms with Crippen molar-refractivity contribution in [3.8, 4) is 0 Å². The number of esters is 1. The second-order valence-corrected chi connectivity index (χ2v) is 13.6. The van der Waals surface area contributed by atoms with Crippen LogP contribution in [0.2, 0.25) is 0 Å². The molecule has 3 aromatic carbocycles. The summed E-state index contributed by atoms with van der Waals surface area (Å²) in [6.45, 7) is 7.46. The number of hydrogen-bond donors (Lipinski definition) is 0. The monoisotopic (exact) mass is 572 g/mol. The molecule has 40 heavy (non-hydrogen) atoms. The summed E-state index contributed by atoms with van der Waals surface area (Å²) in [6, 6.07) is 26.6. The van der Waals surface area contributed by atoms with Gasteiger partial charge in [0.25, 0.3) is 14.7 Å². The molecule has 0 aliphatic carbocycles. The fourth-order valence-electron chi connectivity index (χ4n) is 4.55. The molecule has 2 atom stereocenters. The van der Waals surface area contributed by atoms with Crippen molar-refractivity contribution in [3.05, 3.63) is 112 Å². The maximum atomic E-state index is 12.8. The number of hydrogen-bond acceptors (Lipinski definition) is 8. The predicted octanol–water partition coefficient (Wildman–Crippen LogP) is 5.04. The summed E-state index contributed by atoms with van der Waals surface area (Å²) in [6.07, 6.45) is -0.190. The number of rotatable bonds is 9. The van der Waals surface area contributed by atoms with Crippen LogP contribution in [0.3, 0.4) is 0 Å². The zero-order valence-electron chi connectivity index (χ0n) is 22.5. The highest BCUT2D eigenvalue weighted by molar-refractivity contribution is 7.14. The van der Waals surface area contributed by atoms with E-state index < -0.39 is 19.9 Å². The Hall–Kier alpha value is -3.86. The van der Waals surface area contributed by atoms with Crippen molar-refractivity contribution in [2.24, 2.45) is 11.3 Å². The number of thiazole rings is 1. The number of nitro groups is 1. The number of nitrogens with zero attached hydrogens (tertiary/aromatic N) is 3. The van der Waals surface area contributed by atoms with Crippen LogP contribution in [0.1, 0.15) is 36.8 Å². The lowest BCUT2D eigenvalue weighted by atomic mass is 9.74. The molecular weight excluding hydrogens is 542 g/mol. The molecule has 2 unspecified atom stereocenters. The van der Waals surface area contributed by atoms with E-state index in [1.807, 2.05) is 36.4 Å². The fourth-order valence-corrected chi connectivity index (χ4v) is 7.51. The molecule has 8 nitrogen and oxygen atoms in total. The molecule has 1 radical (unpaired) electrons. The van der Waals surface area contributed by atoms with E-state index in [4.69, 9.17) is 9.16 Å². The molecule has 10 heteroatoms. The standard InChI is InChI=1S/C30H30N3O5SSi/c1-30(2,3)25-18-32(27(25)38-40(23-10-6-4-7-11-23)24-12-8-5-9-13-24)29-31-26(20-39-29)28(34)37-19-21-14-16-22(17-15-21)33(35)36/h4-17,20,25,27H,18-19H2,1-3H3. The normalized spacial score (nSPS) is 16.9. The third-order valence-corrected chi connectivity index (χ3v) is 10.0. The van der Waals surface area contributed by atoms with Gasteiger partial charge in [-0.3, -0.25) is 10.1 Å². The van der Waals surface area contributed by atoms with Crippen LogP contribution in [0.4, 0.5) is 10.8 Å². The first kappa shape index (κ1) is 27.7. The van der Waals surface area contributed by atoms with E-state index in [2.05, 4.69) is 54.9 Å². The number of carbonyl (C=O) groups excluding carboxylic acids is 1. The Balaban J connectivity index is 1.32. The number of ether oxygens (including phenoxy) is 1. The van der Waals surface area contributed by atoms with Crippen molar-refractivity contribution in [2.45, 2.75) is 33.6 Å². The summed E-state index contributed by atoms with van der Waals surface area (Å²) in [7, 11) is -1.55. The van der Waals surface area contributed by atoms with Gasteiger partial charge in [-0.05, 0) is 33.5 Å². The number of benzene rings is 3. The number of non-ortho nitro benzene ring substituents is 1. The Labute approximate surface area is 239 Å². The molecule has 0 bridgehead atoms. The Morgan fingerprint density at radius 3 is 2.17 bits per heavy atom. The molecule has 1 aromatic heterocycles. The average Bonchev–Trinajstić information content (AvgIpc) is 3.41. The Morgan fingerprint density at radius 1 is 1.02 bits per heavy atom. The maximum Gasteiger partial charge on any atom is 0.358 e. The number of aromatic nitrogens is 1. The van der Waals surface area contributed by atoms with Crippen LogP contribution in [0.25, 0.3) is 0 Å². The molecule has 5 rings (SSSR count). The number of carbonyl (C=O) groups is 1. The third-order valence-electron chi connectivity index (χ3n) is 6.93. The molecule has 2 heterocycles. The quantitative estimate of drug-likeness (QED) is 0.120. The van der Waals surface area contributed by atoms with E-state index in [0.717, 1.165) is 11.7 Å². The summed E-state index contributed by atoms with van der Waals surface area (Å²) in [5.41, 5.74) is 0.903. The van der Waals surface area contributed by atoms with Gasteiger partial charge in [-0.1, -0.05) is 81.4 Å². The first-order valence-corrected chi connectivity index (χ1v) is 15.3. The third kappa shape index (κ3) is 6.14. The van der Waals surface area contributed by atoms with Gasteiger partial charge >= 0.3 is 5.97 Å². The first-order valence-electron chi connectivity index (χ1n) is 13.0.